The molecule has 1 unspecified atom stereocenters. The molecule has 2 N–H and O–H groups in total. The Hall–Kier alpha value is -0.120. The van der Waals surface area contributed by atoms with Crippen LogP contribution in [0, 0.1) is 0 Å². The highest BCUT2D eigenvalue weighted by Gasteiger charge is 2.20. The van der Waals surface area contributed by atoms with Gasteiger partial charge in [0, 0.05) is 12.6 Å². The van der Waals surface area contributed by atoms with E-state index in [-0.39, 0.29) is 11.6 Å². The number of rotatable bonds is 7. The van der Waals surface area contributed by atoms with Crippen LogP contribution in [0.15, 0.2) is 0 Å². The zero-order valence-electron chi connectivity index (χ0n) is 9.30. The van der Waals surface area contributed by atoms with E-state index in [1.165, 1.54) is 0 Å². The van der Waals surface area contributed by atoms with Gasteiger partial charge in [-0.1, -0.05) is 13.8 Å². The summed E-state index contributed by atoms with van der Waals surface area (Å²) in [5.41, 5.74) is 5.90. The summed E-state index contributed by atoms with van der Waals surface area (Å²) in [5.74, 6) is 0. The van der Waals surface area contributed by atoms with Gasteiger partial charge >= 0.3 is 0 Å². The molecule has 1 atom stereocenters. The van der Waals surface area contributed by atoms with Crippen LogP contribution in [0.4, 0.5) is 0 Å². The SMILES string of the molecule is CCC(N)(CC)COCC(C)OC. The average Bonchev–Trinajstić information content (AvgIpc) is 2.17. The van der Waals surface area contributed by atoms with Gasteiger partial charge in [-0.25, -0.2) is 0 Å². The van der Waals surface area contributed by atoms with E-state index in [2.05, 4.69) is 13.8 Å². The fraction of sp³-hybridized carbons (Fsp3) is 1.00. The van der Waals surface area contributed by atoms with E-state index in [0.29, 0.717) is 13.2 Å². The highest BCUT2D eigenvalue weighted by Crippen LogP contribution is 2.11. The smallest absolute Gasteiger partial charge is 0.0776 e. The molecule has 80 valence electrons. The molecule has 0 amide bonds. The molecule has 0 aliphatic carbocycles. The van der Waals surface area contributed by atoms with Gasteiger partial charge in [0.15, 0.2) is 0 Å². The normalized spacial score (nSPS) is 14.5. The summed E-state index contributed by atoms with van der Waals surface area (Å²) in [6.45, 7) is 7.40. The summed E-state index contributed by atoms with van der Waals surface area (Å²) in [6, 6.07) is 0. The molecular weight excluding hydrogens is 166 g/mol. The molecule has 3 heteroatoms. The van der Waals surface area contributed by atoms with E-state index in [1.807, 2.05) is 6.92 Å². The largest absolute Gasteiger partial charge is 0.379 e. The summed E-state index contributed by atoms with van der Waals surface area (Å²) in [5, 5.41) is 0. The zero-order chi connectivity index (χ0) is 10.3. The minimum Gasteiger partial charge on any atom is -0.379 e. The Morgan fingerprint density at radius 1 is 1.31 bits per heavy atom. The Labute approximate surface area is 81.6 Å². The molecule has 0 bridgehead atoms. The summed E-state index contributed by atoms with van der Waals surface area (Å²) in [7, 11) is 1.68. The predicted octanol–water partition coefficient (Wildman–Crippen LogP) is 1.56. The summed E-state index contributed by atoms with van der Waals surface area (Å²) in [4.78, 5) is 0. The molecule has 0 radical (unpaired) electrons. The first-order chi connectivity index (χ1) is 6.08. The van der Waals surface area contributed by atoms with Crippen molar-refractivity contribution in [1.82, 2.24) is 0 Å². The van der Waals surface area contributed by atoms with E-state index in [1.54, 1.807) is 7.11 Å². The van der Waals surface area contributed by atoms with Gasteiger partial charge in [0.05, 0.1) is 19.3 Å². The van der Waals surface area contributed by atoms with Crippen molar-refractivity contribution < 1.29 is 9.47 Å². The molecule has 0 aromatic rings. The lowest BCUT2D eigenvalue weighted by atomic mass is 9.96. The highest BCUT2D eigenvalue weighted by atomic mass is 16.5. The molecule has 0 fully saturated rings. The van der Waals surface area contributed by atoms with Crippen molar-refractivity contribution in [3.63, 3.8) is 0 Å². The van der Waals surface area contributed by atoms with Gasteiger partial charge in [-0.15, -0.1) is 0 Å². The molecule has 0 rings (SSSR count). The Kier molecular flexibility index (Phi) is 6.29. The molecule has 0 aromatic carbocycles. The number of ether oxygens (including phenoxy) is 2. The van der Waals surface area contributed by atoms with Crippen molar-refractivity contribution in [2.24, 2.45) is 5.73 Å². The minimum absolute atomic E-state index is 0.151. The second-order valence-electron chi connectivity index (χ2n) is 3.63. The first-order valence-corrected chi connectivity index (χ1v) is 4.97. The fourth-order valence-corrected chi connectivity index (χ4v) is 0.950. The maximum absolute atomic E-state index is 6.06. The summed E-state index contributed by atoms with van der Waals surface area (Å²) < 4.78 is 10.5. The lowest BCUT2D eigenvalue weighted by Gasteiger charge is -2.26. The van der Waals surface area contributed by atoms with Crippen LogP contribution < -0.4 is 5.73 Å². The average molecular weight is 189 g/mol. The third-order valence-electron chi connectivity index (χ3n) is 2.55. The molecular formula is C10H23NO2. The Balaban J connectivity index is 3.61. The topological polar surface area (TPSA) is 44.5 Å². The number of hydrogen-bond acceptors (Lipinski definition) is 3. The third-order valence-corrected chi connectivity index (χ3v) is 2.55. The molecule has 0 spiro atoms. The van der Waals surface area contributed by atoms with Crippen molar-refractivity contribution in [1.29, 1.82) is 0 Å². The molecule has 0 saturated heterocycles. The molecule has 0 heterocycles. The molecule has 0 aliphatic rings. The van der Waals surface area contributed by atoms with Crippen molar-refractivity contribution in [2.75, 3.05) is 20.3 Å². The van der Waals surface area contributed by atoms with Gasteiger partial charge in [0.25, 0.3) is 0 Å². The van der Waals surface area contributed by atoms with Crippen LogP contribution in [0.1, 0.15) is 33.6 Å². The van der Waals surface area contributed by atoms with E-state index in [9.17, 15) is 0 Å². The highest BCUT2D eigenvalue weighted by molar-refractivity contribution is 4.80. The fourth-order valence-electron chi connectivity index (χ4n) is 0.950. The summed E-state index contributed by atoms with van der Waals surface area (Å²) >= 11 is 0. The molecule has 0 saturated carbocycles. The maximum Gasteiger partial charge on any atom is 0.0776 e. The van der Waals surface area contributed by atoms with Gasteiger partial charge in [-0.3, -0.25) is 0 Å². The van der Waals surface area contributed by atoms with E-state index in [0.717, 1.165) is 12.8 Å². The minimum atomic E-state index is -0.159. The Bertz CT molecular complexity index is 124. The van der Waals surface area contributed by atoms with E-state index in [4.69, 9.17) is 15.2 Å². The lowest BCUT2D eigenvalue weighted by Crippen LogP contribution is -2.43. The standard InChI is InChI=1S/C10H23NO2/c1-5-10(11,6-2)8-13-7-9(3)12-4/h9H,5-8,11H2,1-4H3. The van der Waals surface area contributed by atoms with Gasteiger partial charge in [-0.2, -0.15) is 0 Å². The molecule has 3 nitrogen and oxygen atoms in total. The van der Waals surface area contributed by atoms with Crippen LogP contribution in [0.25, 0.3) is 0 Å². The van der Waals surface area contributed by atoms with Crippen LogP contribution >= 0.6 is 0 Å². The third kappa shape index (κ3) is 5.24. The van der Waals surface area contributed by atoms with Crippen LogP contribution in [-0.2, 0) is 9.47 Å². The zero-order valence-corrected chi connectivity index (χ0v) is 9.30. The molecule has 0 aromatic heterocycles. The van der Waals surface area contributed by atoms with Crippen molar-refractivity contribution in [3.05, 3.63) is 0 Å². The van der Waals surface area contributed by atoms with E-state index < -0.39 is 0 Å². The van der Waals surface area contributed by atoms with Gasteiger partial charge in [-0.05, 0) is 19.8 Å². The second-order valence-corrected chi connectivity index (χ2v) is 3.63. The number of hydrogen-bond donors (Lipinski definition) is 1. The van der Waals surface area contributed by atoms with Crippen LogP contribution in [0.2, 0.25) is 0 Å². The first-order valence-electron chi connectivity index (χ1n) is 4.97. The lowest BCUT2D eigenvalue weighted by molar-refractivity contribution is -0.000214. The monoisotopic (exact) mass is 189 g/mol. The number of methoxy groups -OCH3 is 1. The van der Waals surface area contributed by atoms with Crippen LogP contribution in [0.5, 0.6) is 0 Å². The van der Waals surface area contributed by atoms with Crippen molar-refractivity contribution in [2.45, 2.75) is 45.3 Å². The number of nitrogens with two attached hydrogens (primary N) is 1. The van der Waals surface area contributed by atoms with Gasteiger partial charge < -0.3 is 15.2 Å². The van der Waals surface area contributed by atoms with Crippen LogP contribution in [-0.4, -0.2) is 32.0 Å². The Morgan fingerprint density at radius 2 is 1.85 bits per heavy atom. The Morgan fingerprint density at radius 3 is 2.23 bits per heavy atom. The maximum atomic E-state index is 6.06. The van der Waals surface area contributed by atoms with Crippen molar-refractivity contribution in [3.8, 4) is 0 Å². The van der Waals surface area contributed by atoms with Crippen LogP contribution in [0.3, 0.4) is 0 Å². The first kappa shape index (κ1) is 12.9. The molecule has 13 heavy (non-hydrogen) atoms. The van der Waals surface area contributed by atoms with Crippen molar-refractivity contribution >= 4 is 0 Å². The predicted molar refractivity (Wildman–Crippen MR) is 54.8 cm³/mol. The van der Waals surface area contributed by atoms with E-state index >= 15 is 0 Å². The second kappa shape index (κ2) is 6.35. The quantitative estimate of drug-likeness (QED) is 0.661. The van der Waals surface area contributed by atoms with Gasteiger partial charge in [0.2, 0.25) is 0 Å². The van der Waals surface area contributed by atoms with Gasteiger partial charge in [0.1, 0.15) is 0 Å². The molecule has 0 aliphatic heterocycles. The summed E-state index contributed by atoms with van der Waals surface area (Å²) in [6.07, 6.45) is 2.05.